The van der Waals surface area contributed by atoms with E-state index in [1.165, 1.54) is 44.1 Å². The standard InChI is InChI=1S/C39H55O3P/c1-28-26-31(38(2,3)4)27-34(39(5,6)7)37(28)42-43(40,41,35-24-16-14-22-32(35)29-18-10-8-11-19-29)36-25-17-15-23-33(36)30-20-12-9-13-21-30/h14-17,22-27,29-30,40-41H,8-13,18-21H2,1-7H3. The van der Waals surface area contributed by atoms with Crippen LogP contribution in [-0.4, -0.2) is 9.79 Å². The van der Waals surface area contributed by atoms with Crippen LogP contribution in [0.4, 0.5) is 0 Å². The Morgan fingerprint density at radius 3 is 1.49 bits per heavy atom. The fraction of sp³-hybridized carbons (Fsp3) is 0.538. The second-order valence-corrected chi connectivity index (χ2v) is 18.5. The second kappa shape index (κ2) is 12.0. The molecule has 2 aliphatic carbocycles. The minimum absolute atomic E-state index is 0.0472. The number of hydrogen-bond acceptors (Lipinski definition) is 3. The molecular weight excluding hydrogens is 547 g/mol. The van der Waals surface area contributed by atoms with Crippen LogP contribution < -0.4 is 15.1 Å². The van der Waals surface area contributed by atoms with Gasteiger partial charge in [0.25, 0.3) is 0 Å². The van der Waals surface area contributed by atoms with Crippen molar-refractivity contribution in [2.75, 3.05) is 0 Å². The molecule has 3 nitrogen and oxygen atoms in total. The van der Waals surface area contributed by atoms with Crippen LogP contribution in [0.15, 0.2) is 60.7 Å². The number of hydrogen-bond donors (Lipinski definition) is 2. The molecule has 0 unspecified atom stereocenters. The zero-order valence-corrected chi connectivity index (χ0v) is 28.6. The summed E-state index contributed by atoms with van der Waals surface area (Å²) in [6.45, 7) is 15.3. The van der Waals surface area contributed by atoms with E-state index in [9.17, 15) is 9.79 Å². The van der Waals surface area contributed by atoms with Crippen LogP contribution in [0, 0.1) is 6.92 Å². The van der Waals surface area contributed by atoms with Crippen LogP contribution in [0.2, 0.25) is 0 Å². The van der Waals surface area contributed by atoms with Gasteiger partial charge in [0, 0.05) is 0 Å². The summed E-state index contributed by atoms with van der Waals surface area (Å²) in [5, 5.41) is 1.17. The summed E-state index contributed by atoms with van der Waals surface area (Å²) in [5.74, 6) is 1.20. The van der Waals surface area contributed by atoms with Crippen molar-refractivity contribution >= 4 is 17.9 Å². The van der Waals surface area contributed by atoms with Crippen LogP contribution in [0.1, 0.15) is 145 Å². The molecule has 3 aromatic rings. The quantitative estimate of drug-likeness (QED) is 0.276. The van der Waals surface area contributed by atoms with E-state index in [4.69, 9.17) is 4.52 Å². The molecule has 2 fully saturated rings. The second-order valence-electron chi connectivity index (χ2n) is 15.5. The molecular formula is C39H55O3P. The van der Waals surface area contributed by atoms with Gasteiger partial charge in [0.2, 0.25) is 0 Å². The van der Waals surface area contributed by atoms with Gasteiger partial charge in [-0.25, -0.2) is 0 Å². The van der Waals surface area contributed by atoms with Crippen LogP contribution in [-0.2, 0) is 10.8 Å². The van der Waals surface area contributed by atoms with Gasteiger partial charge in [0.15, 0.2) is 0 Å². The van der Waals surface area contributed by atoms with E-state index in [-0.39, 0.29) is 10.8 Å². The summed E-state index contributed by atoms with van der Waals surface area (Å²) in [6, 6.07) is 20.6. The summed E-state index contributed by atoms with van der Waals surface area (Å²) in [5.41, 5.74) is 4.96. The van der Waals surface area contributed by atoms with Crippen molar-refractivity contribution in [1.29, 1.82) is 0 Å². The Kier molecular flexibility index (Phi) is 8.96. The molecule has 4 heteroatoms. The molecule has 234 valence electrons. The topological polar surface area (TPSA) is 49.7 Å². The van der Waals surface area contributed by atoms with Gasteiger partial charge in [0.1, 0.15) is 0 Å². The van der Waals surface area contributed by atoms with E-state index < -0.39 is 7.28 Å². The third-order valence-corrected chi connectivity index (χ3v) is 13.1. The first-order valence-corrected chi connectivity index (χ1v) is 18.8. The monoisotopic (exact) mass is 602 g/mol. The predicted molar refractivity (Wildman–Crippen MR) is 184 cm³/mol. The van der Waals surface area contributed by atoms with Crippen LogP contribution >= 0.6 is 7.28 Å². The Labute approximate surface area is 261 Å². The van der Waals surface area contributed by atoms with E-state index >= 15 is 0 Å². The molecule has 43 heavy (non-hydrogen) atoms. The third-order valence-electron chi connectivity index (χ3n) is 10.0. The van der Waals surface area contributed by atoms with Gasteiger partial charge in [-0.1, -0.05) is 0 Å². The third kappa shape index (κ3) is 6.47. The molecule has 3 aromatic carbocycles. The van der Waals surface area contributed by atoms with Gasteiger partial charge in [-0.05, 0) is 0 Å². The first-order chi connectivity index (χ1) is 20.2. The van der Waals surface area contributed by atoms with E-state index in [0.29, 0.717) is 28.2 Å². The zero-order valence-electron chi connectivity index (χ0n) is 27.7. The Morgan fingerprint density at radius 2 is 1.07 bits per heavy atom. The molecule has 0 aromatic heterocycles. The van der Waals surface area contributed by atoms with Crippen molar-refractivity contribution in [3.05, 3.63) is 88.5 Å². The first kappa shape index (κ1) is 32.2. The number of aryl methyl sites for hydroxylation is 1. The molecule has 0 amide bonds. The van der Waals surface area contributed by atoms with Crippen LogP contribution in [0.5, 0.6) is 5.75 Å². The summed E-state index contributed by atoms with van der Waals surface area (Å²) in [7, 11) is -5.23. The Hall–Kier alpha value is -2.19. The summed E-state index contributed by atoms with van der Waals surface area (Å²) < 4.78 is 7.12. The van der Waals surface area contributed by atoms with Crippen molar-refractivity contribution in [3.63, 3.8) is 0 Å². The van der Waals surface area contributed by atoms with Gasteiger partial charge in [0.05, 0.1) is 0 Å². The minimum atomic E-state index is -5.23. The van der Waals surface area contributed by atoms with Crippen molar-refractivity contribution < 1.29 is 14.3 Å². The normalized spacial score (nSPS) is 18.7. The van der Waals surface area contributed by atoms with Gasteiger partial charge in [-0.15, -0.1) is 0 Å². The van der Waals surface area contributed by atoms with Gasteiger partial charge in [-0.3, -0.25) is 0 Å². The molecule has 2 aliphatic rings. The van der Waals surface area contributed by atoms with Crippen molar-refractivity contribution in [2.24, 2.45) is 0 Å². The molecule has 5 rings (SSSR count). The maximum absolute atomic E-state index is 13.5. The van der Waals surface area contributed by atoms with Crippen molar-refractivity contribution in [2.45, 2.75) is 135 Å². The molecule has 0 spiro atoms. The summed E-state index contributed by atoms with van der Waals surface area (Å²) in [6.07, 6.45) is 11.5. The Bertz CT molecular complexity index is 1360. The molecule has 0 bridgehead atoms. The number of rotatable bonds is 6. The summed E-state index contributed by atoms with van der Waals surface area (Å²) >= 11 is 0. The molecule has 0 aliphatic heterocycles. The fourth-order valence-corrected chi connectivity index (χ4v) is 10.7. The van der Waals surface area contributed by atoms with Crippen molar-refractivity contribution in [3.8, 4) is 5.75 Å². The van der Waals surface area contributed by atoms with Crippen molar-refractivity contribution in [1.82, 2.24) is 0 Å². The van der Waals surface area contributed by atoms with E-state index in [1.54, 1.807) is 0 Å². The van der Waals surface area contributed by atoms with E-state index in [0.717, 1.165) is 47.9 Å². The molecule has 0 saturated heterocycles. The molecule has 0 atom stereocenters. The first-order valence-electron chi connectivity index (χ1n) is 16.8. The molecule has 2 saturated carbocycles. The molecule has 2 N–H and O–H groups in total. The van der Waals surface area contributed by atoms with Gasteiger partial charge < -0.3 is 0 Å². The fourth-order valence-electron chi connectivity index (χ4n) is 7.51. The van der Waals surface area contributed by atoms with E-state index in [1.807, 2.05) is 24.3 Å². The van der Waals surface area contributed by atoms with Gasteiger partial charge in [-0.2, -0.15) is 0 Å². The molecule has 0 heterocycles. The Balaban J connectivity index is 1.81. The summed E-state index contributed by atoms with van der Waals surface area (Å²) in [4.78, 5) is 27.0. The SMILES string of the molecule is Cc1cc(C(C)(C)C)cc(C(C)(C)C)c1OP(O)(O)(c1ccccc1C1CCCCC1)c1ccccc1C1CCCCC1. The average Bonchev–Trinajstić information content (AvgIpc) is 2.98. The Morgan fingerprint density at radius 1 is 0.628 bits per heavy atom. The average molecular weight is 603 g/mol. The van der Waals surface area contributed by atoms with E-state index in [2.05, 4.69) is 84.9 Å². The van der Waals surface area contributed by atoms with Gasteiger partial charge >= 0.3 is 262 Å². The predicted octanol–water partition coefficient (Wildman–Crippen LogP) is 10.00. The molecule has 0 radical (unpaired) electrons. The van der Waals surface area contributed by atoms with Crippen LogP contribution in [0.3, 0.4) is 0 Å². The zero-order chi connectivity index (χ0) is 31.1. The maximum atomic E-state index is 13.5. The van der Waals surface area contributed by atoms with Crippen LogP contribution in [0.25, 0.3) is 0 Å². The number of benzene rings is 3.